The van der Waals surface area contributed by atoms with E-state index in [1.165, 1.54) is 0 Å². The summed E-state index contributed by atoms with van der Waals surface area (Å²) in [4.78, 5) is 18.0. The molecule has 1 saturated heterocycles. The van der Waals surface area contributed by atoms with Gasteiger partial charge in [-0.05, 0) is 74.5 Å². The highest BCUT2D eigenvalue weighted by Crippen LogP contribution is 2.30. The number of ether oxygens (including phenoxy) is 1. The van der Waals surface area contributed by atoms with Gasteiger partial charge in [0.2, 0.25) is 0 Å². The molecule has 1 aliphatic heterocycles. The van der Waals surface area contributed by atoms with E-state index < -0.39 is 0 Å². The quantitative estimate of drug-likeness (QED) is 0.549. The van der Waals surface area contributed by atoms with Crippen molar-refractivity contribution in [2.75, 3.05) is 38.7 Å². The van der Waals surface area contributed by atoms with Crippen LogP contribution in [0.1, 0.15) is 41.4 Å². The molecule has 1 fully saturated rings. The highest BCUT2D eigenvalue weighted by Gasteiger charge is 2.30. The van der Waals surface area contributed by atoms with E-state index in [1.807, 2.05) is 57.6 Å². The minimum atomic E-state index is -0.187. The van der Waals surface area contributed by atoms with Gasteiger partial charge in [-0.25, -0.2) is 0 Å². The number of amides is 1. The molecule has 4 rings (SSSR count). The van der Waals surface area contributed by atoms with Crippen molar-refractivity contribution in [3.8, 4) is 16.9 Å². The number of likely N-dealkylation sites (N-methyl/N-ethyl adjacent to an activating group) is 1. The summed E-state index contributed by atoms with van der Waals surface area (Å²) in [5.74, 6) is 0.681. The first-order valence-corrected chi connectivity index (χ1v) is 11.8. The average molecular weight is 462 g/mol. The third-order valence-corrected chi connectivity index (χ3v) is 6.87. The lowest BCUT2D eigenvalue weighted by Gasteiger charge is -2.45. The molecule has 0 aliphatic carbocycles. The molecular formula is C27H35N5O2. The van der Waals surface area contributed by atoms with Crippen LogP contribution in [0.5, 0.6) is 5.75 Å². The van der Waals surface area contributed by atoms with Crippen molar-refractivity contribution in [1.82, 2.24) is 20.0 Å². The fourth-order valence-corrected chi connectivity index (χ4v) is 4.34. The molecule has 1 N–H and O–H groups in total. The van der Waals surface area contributed by atoms with Crippen molar-refractivity contribution in [2.24, 2.45) is 7.05 Å². The Kier molecular flexibility index (Phi) is 6.93. The van der Waals surface area contributed by atoms with E-state index in [0.717, 1.165) is 53.3 Å². The van der Waals surface area contributed by atoms with Crippen molar-refractivity contribution in [1.29, 1.82) is 0 Å². The Morgan fingerprint density at radius 2 is 2.00 bits per heavy atom. The van der Waals surface area contributed by atoms with Gasteiger partial charge in [0.15, 0.2) is 0 Å². The molecule has 1 amide bonds. The fourth-order valence-electron chi connectivity index (χ4n) is 4.34. The molecule has 1 aromatic heterocycles. The van der Waals surface area contributed by atoms with Crippen LogP contribution in [0.25, 0.3) is 11.1 Å². The van der Waals surface area contributed by atoms with Crippen LogP contribution >= 0.6 is 0 Å². The first-order valence-electron chi connectivity index (χ1n) is 11.8. The smallest absolute Gasteiger partial charge is 0.252 e. The van der Waals surface area contributed by atoms with E-state index in [9.17, 15) is 4.79 Å². The van der Waals surface area contributed by atoms with E-state index >= 15 is 0 Å². The number of nitrogens with zero attached hydrogens (tertiary/aromatic N) is 4. The molecule has 7 heteroatoms. The standard InChI is InChI=1S/C27H35N5O2/c1-7-30(4)24-16-32(17-24)23-9-8-18(2)26(13-23)27(33)29-19(3)20-10-21(12-25(11-20)34-6)22-14-28-31(5)15-22/h8-15,19,24H,7,16-17H2,1-6H3,(H,29,33)/t19-/m1/s1. The molecule has 2 aromatic carbocycles. The van der Waals surface area contributed by atoms with Crippen molar-refractivity contribution in [3.05, 3.63) is 65.5 Å². The predicted molar refractivity (Wildman–Crippen MR) is 137 cm³/mol. The number of aryl methyl sites for hydroxylation is 2. The Morgan fingerprint density at radius 1 is 1.24 bits per heavy atom. The number of anilines is 1. The van der Waals surface area contributed by atoms with E-state index in [0.29, 0.717) is 11.6 Å². The van der Waals surface area contributed by atoms with Crippen LogP contribution in [0.3, 0.4) is 0 Å². The second-order valence-electron chi connectivity index (χ2n) is 9.22. The van der Waals surface area contributed by atoms with Crippen molar-refractivity contribution < 1.29 is 9.53 Å². The number of hydrogen-bond acceptors (Lipinski definition) is 5. The van der Waals surface area contributed by atoms with Gasteiger partial charge in [-0.15, -0.1) is 0 Å². The Balaban J connectivity index is 1.51. The summed E-state index contributed by atoms with van der Waals surface area (Å²) in [6.07, 6.45) is 3.80. The normalized spacial score (nSPS) is 14.7. The predicted octanol–water partition coefficient (Wildman–Crippen LogP) is 4.04. The number of carbonyl (C=O) groups is 1. The molecule has 1 atom stereocenters. The number of carbonyl (C=O) groups excluding carboxylic acids is 1. The molecule has 2 heterocycles. The second-order valence-corrected chi connectivity index (χ2v) is 9.22. The average Bonchev–Trinajstić information content (AvgIpc) is 3.24. The first-order chi connectivity index (χ1) is 16.3. The molecule has 7 nitrogen and oxygen atoms in total. The number of methoxy groups -OCH3 is 1. The number of rotatable bonds is 8. The van der Waals surface area contributed by atoms with Crippen LogP contribution < -0.4 is 15.0 Å². The second kappa shape index (κ2) is 9.89. The summed E-state index contributed by atoms with van der Waals surface area (Å²) in [7, 11) is 5.71. The topological polar surface area (TPSA) is 62.6 Å². The van der Waals surface area contributed by atoms with Gasteiger partial charge in [-0.2, -0.15) is 5.10 Å². The van der Waals surface area contributed by atoms with E-state index in [4.69, 9.17) is 4.74 Å². The van der Waals surface area contributed by atoms with Crippen LogP contribution in [0.15, 0.2) is 48.8 Å². The molecule has 34 heavy (non-hydrogen) atoms. The Hall–Kier alpha value is -3.32. The Labute approximate surface area is 202 Å². The van der Waals surface area contributed by atoms with Gasteiger partial charge < -0.3 is 19.9 Å². The number of hydrogen-bond donors (Lipinski definition) is 1. The van der Waals surface area contributed by atoms with Gasteiger partial charge in [0, 0.05) is 49.2 Å². The van der Waals surface area contributed by atoms with Gasteiger partial charge in [0.05, 0.1) is 19.3 Å². The zero-order valence-corrected chi connectivity index (χ0v) is 21.0. The van der Waals surface area contributed by atoms with Crippen LogP contribution in [0.2, 0.25) is 0 Å². The zero-order valence-electron chi connectivity index (χ0n) is 21.0. The molecular weight excluding hydrogens is 426 g/mol. The molecule has 0 unspecified atom stereocenters. The SMILES string of the molecule is CCN(C)C1CN(c2ccc(C)c(C(=O)N[C@H](C)c3cc(OC)cc(-c4cnn(C)c4)c3)c2)C1. The molecule has 1 aliphatic rings. The molecule has 0 radical (unpaired) electrons. The minimum absolute atomic E-state index is 0.0691. The van der Waals surface area contributed by atoms with Crippen molar-refractivity contribution in [3.63, 3.8) is 0 Å². The third kappa shape index (κ3) is 4.94. The number of aromatic nitrogens is 2. The summed E-state index contributed by atoms with van der Waals surface area (Å²) >= 11 is 0. The van der Waals surface area contributed by atoms with Crippen LogP contribution in [0, 0.1) is 6.92 Å². The van der Waals surface area contributed by atoms with Crippen molar-refractivity contribution in [2.45, 2.75) is 32.9 Å². The van der Waals surface area contributed by atoms with E-state index in [-0.39, 0.29) is 11.9 Å². The molecule has 180 valence electrons. The summed E-state index contributed by atoms with van der Waals surface area (Å²) < 4.78 is 7.30. The maximum Gasteiger partial charge on any atom is 0.252 e. The minimum Gasteiger partial charge on any atom is -0.497 e. The highest BCUT2D eigenvalue weighted by molar-refractivity contribution is 5.97. The largest absolute Gasteiger partial charge is 0.497 e. The highest BCUT2D eigenvalue weighted by atomic mass is 16.5. The van der Waals surface area contributed by atoms with Gasteiger partial charge >= 0.3 is 0 Å². The van der Waals surface area contributed by atoms with Crippen LogP contribution in [0.4, 0.5) is 5.69 Å². The Bertz CT molecular complexity index is 1170. The van der Waals surface area contributed by atoms with Gasteiger partial charge in [-0.3, -0.25) is 9.48 Å². The van der Waals surface area contributed by atoms with Gasteiger partial charge in [0.25, 0.3) is 5.91 Å². The van der Waals surface area contributed by atoms with Crippen LogP contribution in [-0.4, -0.2) is 60.4 Å². The number of benzene rings is 2. The van der Waals surface area contributed by atoms with Crippen LogP contribution in [-0.2, 0) is 7.05 Å². The summed E-state index contributed by atoms with van der Waals surface area (Å²) in [5, 5.41) is 7.46. The monoisotopic (exact) mass is 461 g/mol. The van der Waals surface area contributed by atoms with Gasteiger partial charge in [0.1, 0.15) is 5.75 Å². The lowest BCUT2D eigenvalue weighted by atomic mass is 10.00. The molecule has 0 saturated carbocycles. The summed E-state index contributed by atoms with van der Waals surface area (Å²) in [5.41, 5.74) is 5.78. The summed E-state index contributed by atoms with van der Waals surface area (Å²) in [6.45, 7) is 9.20. The third-order valence-electron chi connectivity index (χ3n) is 6.87. The summed E-state index contributed by atoms with van der Waals surface area (Å²) in [6, 6.07) is 12.6. The first kappa shape index (κ1) is 23.8. The van der Waals surface area contributed by atoms with E-state index in [2.05, 4.69) is 46.3 Å². The van der Waals surface area contributed by atoms with E-state index in [1.54, 1.807) is 11.8 Å². The Morgan fingerprint density at radius 3 is 2.65 bits per heavy atom. The molecule has 3 aromatic rings. The lowest BCUT2D eigenvalue weighted by Crippen LogP contribution is -2.58. The number of nitrogens with one attached hydrogen (secondary N) is 1. The lowest BCUT2D eigenvalue weighted by molar-refractivity contribution is 0.0939. The molecule has 0 bridgehead atoms. The van der Waals surface area contributed by atoms with Crippen molar-refractivity contribution >= 4 is 11.6 Å². The maximum atomic E-state index is 13.3. The fraction of sp³-hybridized carbons (Fsp3) is 0.407. The zero-order chi connectivity index (χ0) is 24.4. The molecule has 0 spiro atoms. The maximum absolute atomic E-state index is 13.3. The van der Waals surface area contributed by atoms with Gasteiger partial charge in [-0.1, -0.05) is 13.0 Å².